The molecule has 1 aliphatic heterocycles. The molecule has 2 aromatic rings. The number of hydrogen-bond acceptors (Lipinski definition) is 4. The summed E-state index contributed by atoms with van der Waals surface area (Å²) in [5, 5.41) is 9.57. The van der Waals surface area contributed by atoms with Gasteiger partial charge < -0.3 is 14.8 Å². The van der Waals surface area contributed by atoms with Crippen LogP contribution in [0, 0.1) is 10.7 Å². The number of H-pyrrole nitrogens is 1. The summed E-state index contributed by atoms with van der Waals surface area (Å²) in [6.07, 6.45) is -4.08. The second kappa shape index (κ2) is 8.36. The highest BCUT2D eigenvalue weighted by molar-refractivity contribution is 7.71. The minimum Gasteiger partial charge on any atom is -0.355 e. The molecular formula is C18H20F3N5O2S. The van der Waals surface area contributed by atoms with Crippen molar-refractivity contribution in [1.29, 1.82) is 0 Å². The van der Waals surface area contributed by atoms with Crippen molar-refractivity contribution in [2.24, 2.45) is 5.92 Å². The molecule has 0 aliphatic carbocycles. The Balaban J connectivity index is 1.60. The lowest BCUT2D eigenvalue weighted by molar-refractivity contribution is -0.137. The number of carbonyl (C=O) groups excluding carboxylic acids is 2. The largest absolute Gasteiger partial charge is 0.416 e. The number of anilines is 1. The molecule has 1 unspecified atom stereocenters. The maximum absolute atomic E-state index is 12.9. The molecule has 0 spiro atoms. The second-order valence-electron chi connectivity index (χ2n) is 6.68. The summed E-state index contributed by atoms with van der Waals surface area (Å²) in [7, 11) is 0. The number of hydrogen-bond donors (Lipinski definition) is 2. The van der Waals surface area contributed by atoms with Gasteiger partial charge in [0, 0.05) is 38.2 Å². The van der Waals surface area contributed by atoms with Crippen LogP contribution in [0.1, 0.15) is 24.7 Å². The van der Waals surface area contributed by atoms with Crippen molar-refractivity contribution >= 4 is 29.7 Å². The molecule has 1 fully saturated rings. The third-order valence-corrected chi connectivity index (χ3v) is 5.09. The molecule has 7 nitrogen and oxygen atoms in total. The Bertz CT molecular complexity index is 969. The fourth-order valence-corrected chi connectivity index (χ4v) is 3.57. The highest BCUT2D eigenvalue weighted by Crippen LogP contribution is 2.33. The summed E-state index contributed by atoms with van der Waals surface area (Å²) >= 11 is 5.11. The van der Waals surface area contributed by atoms with Crippen molar-refractivity contribution in [2.45, 2.75) is 32.5 Å². The van der Waals surface area contributed by atoms with Crippen LogP contribution in [-0.4, -0.2) is 39.7 Å². The topological polar surface area (TPSA) is 83.0 Å². The molecule has 0 radical (unpaired) electrons. The fourth-order valence-electron chi connectivity index (χ4n) is 3.29. The zero-order valence-corrected chi connectivity index (χ0v) is 16.4. The number of nitrogens with one attached hydrogen (secondary N) is 2. The quantitative estimate of drug-likeness (QED) is 0.695. The van der Waals surface area contributed by atoms with E-state index < -0.39 is 17.7 Å². The minimum absolute atomic E-state index is 0.0413. The molecule has 2 amide bonds. The van der Waals surface area contributed by atoms with E-state index in [0.717, 1.165) is 12.1 Å². The average molecular weight is 427 g/mol. The Morgan fingerprint density at radius 3 is 2.86 bits per heavy atom. The third-order valence-electron chi connectivity index (χ3n) is 4.78. The number of halogens is 3. The molecule has 1 aliphatic rings. The van der Waals surface area contributed by atoms with Crippen LogP contribution in [-0.2, 0) is 28.7 Å². The van der Waals surface area contributed by atoms with E-state index in [1.807, 2.05) is 11.5 Å². The first-order chi connectivity index (χ1) is 13.7. The Labute approximate surface area is 169 Å². The standard InChI is InChI=1S/C18H20F3N5O2S/c1-2-25-14(23-24-17(25)29)6-7-22-16(28)11-8-15(27)26(10-11)13-5-3-4-12(9-13)18(19,20)21/h3-5,9,11H,2,6-8,10H2,1H3,(H,22,28)(H,24,29). The van der Waals surface area contributed by atoms with E-state index in [1.54, 1.807) is 0 Å². The van der Waals surface area contributed by atoms with Crippen LogP contribution in [0.5, 0.6) is 0 Å². The van der Waals surface area contributed by atoms with Gasteiger partial charge in [-0.15, -0.1) is 0 Å². The number of benzene rings is 1. The Morgan fingerprint density at radius 2 is 2.17 bits per heavy atom. The van der Waals surface area contributed by atoms with Crippen LogP contribution < -0.4 is 10.2 Å². The number of alkyl halides is 3. The lowest BCUT2D eigenvalue weighted by Crippen LogP contribution is -2.34. The first-order valence-electron chi connectivity index (χ1n) is 9.10. The number of aromatic amines is 1. The molecule has 0 saturated carbocycles. The summed E-state index contributed by atoms with van der Waals surface area (Å²) in [5.41, 5.74) is -0.696. The second-order valence-corrected chi connectivity index (χ2v) is 7.07. The van der Waals surface area contributed by atoms with Gasteiger partial charge in [-0.05, 0) is 37.3 Å². The van der Waals surface area contributed by atoms with E-state index in [1.165, 1.54) is 17.0 Å². The van der Waals surface area contributed by atoms with Crippen LogP contribution >= 0.6 is 12.2 Å². The van der Waals surface area contributed by atoms with E-state index in [9.17, 15) is 22.8 Å². The predicted octanol–water partition coefficient (Wildman–Crippen LogP) is 2.69. The van der Waals surface area contributed by atoms with E-state index in [2.05, 4.69) is 15.5 Å². The third kappa shape index (κ3) is 4.66. The van der Waals surface area contributed by atoms with Crippen molar-refractivity contribution in [2.75, 3.05) is 18.0 Å². The number of nitrogens with zero attached hydrogens (tertiary/aromatic N) is 3. The monoisotopic (exact) mass is 427 g/mol. The number of amides is 2. The SMILES string of the molecule is CCn1c(CCNC(=O)C2CC(=O)N(c3cccc(C(F)(F)F)c3)C2)n[nH]c1=S. The summed E-state index contributed by atoms with van der Waals surface area (Å²) in [4.78, 5) is 25.9. The van der Waals surface area contributed by atoms with Gasteiger partial charge in [-0.1, -0.05) is 6.07 Å². The molecule has 1 aromatic carbocycles. The Hall–Kier alpha value is -2.69. The molecule has 29 heavy (non-hydrogen) atoms. The Morgan fingerprint density at radius 1 is 1.41 bits per heavy atom. The molecule has 1 aromatic heterocycles. The molecule has 156 valence electrons. The molecule has 2 N–H and O–H groups in total. The summed E-state index contributed by atoms with van der Waals surface area (Å²) in [5.74, 6) is -0.601. The van der Waals surface area contributed by atoms with Gasteiger partial charge in [-0.25, -0.2) is 0 Å². The van der Waals surface area contributed by atoms with Gasteiger partial charge in [-0.3, -0.25) is 14.7 Å². The van der Waals surface area contributed by atoms with Crippen molar-refractivity contribution in [3.05, 3.63) is 40.4 Å². The zero-order chi connectivity index (χ0) is 21.2. The number of rotatable bonds is 6. The van der Waals surface area contributed by atoms with E-state index in [-0.39, 0.29) is 30.5 Å². The van der Waals surface area contributed by atoms with Gasteiger partial charge >= 0.3 is 6.18 Å². The molecule has 2 heterocycles. The van der Waals surface area contributed by atoms with Gasteiger partial charge in [0.2, 0.25) is 11.8 Å². The van der Waals surface area contributed by atoms with Crippen molar-refractivity contribution in [3.63, 3.8) is 0 Å². The van der Waals surface area contributed by atoms with Crippen LogP contribution in [0.3, 0.4) is 0 Å². The highest BCUT2D eigenvalue weighted by atomic mass is 32.1. The van der Waals surface area contributed by atoms with Crippen LogP contribution in [0.25, 0.3) is 0 Å². The molecule has 0 bridgehead atoms. The summed E-state index contributed by atoms with van der Waals surface area (Å²) in [6, 6.07) is 4.55. The molecule has 11 heteroatoms. The Kier molecular flexibility index (Phi) is 6.06. The van der Waals surface area contributed by atoms with Crippen LogP contribution in [0.15, 0.2) is 24.3 Å². The van der Waals surface area contributed by atoms with Gasteiger partial charge in [-0.2, -0.15) is 18.3 Å². The van der Waals surface area contributed by atoms with Gasteiger partial charge in [0.1, 0.15) is 5.82 Å². The van der Waals surface area contributed by atoms with Gasteiger partial charge in [0.25, 0.3) is 0 Å². The maximum atomic E-state index is 12.9. The lowest BCUT2D eigenvalue weighted by atomic mass is 10.1. The smallest absolute Gasteiger partial charge is 0.355 e. The van der Waals surface area contributed by atoms with E-state index in [0.29, 0.717) is 30.1 Å². The van der Waals surface area contributed by atoms with E-state index in [4.69, 9.17) is 12.2 Å². The lowest BCUT2D eigenvalue weighted by Gasteiger charge is -2.18. The normalized spacial score (nSPS) is 17.0. The summed E-state index contributed by atoms with van der Waals surface area (Å²) < 4.78 is 41.0. The first kappa shape index (κ1) is 21.0. The van der Waals surface area contributed by atoms with Crippen LogP contribution in [0.2, 0.25) is 0 Å². The van der Waals surface area contributed by atoms with E-state index >= 15 is 0 Å². The molecule has 1 saturated heterocycles. The molecule has 1 atom stereocenters. The molecular weight excluding hydrogens is 407 g/mol. The van der Waals surface area contributed by atoms with Crippen molar-refractivity contribution in [1.82, 2.24) is 20.1 Å². The van der Waals surface area contributed by atoms with Crippen molar-refractivity contribution < 1.29 is 22.8 Å². The fraction of sp³-hybridized carbons (Fsp3) is 0.444. The first-order valence-corrected chi connectivity index (χ1v) is 9.51. The maximum Gasteiger partial charge on any atom is 0.416 e. The van der Waals surface area contributed by atoms with Gasteiger partial charge in [0.05, 0.1) is 11.5 Å². The number of carbonyl (C=O) groups is 2. The average Bonchev–Trinajstić information content (AvgIpc) is 3.23. The number of aromatic nitrogens is 3. The van der Waals surface area contributed by atoms with Crippen molar-refractivity contribution in [3.8, 4) is 0 Å². The predicted molar refractivity (Wildman–Crippen MR) is 102 cm³/mol. The van der Waals surface area contributed by atoms with Gasteiger partial charge in [0.15, 0.2) is 4.77 Å². The zero-order valence-electron chi connectivity index (χ0n) is 15.6. The summed E-state index contributed by atoms with van der Waals surface area (Å²) in [6.45, 7) is 2.94. The molecule has 3 rings (SSSR count). The highest BCUT2D eigenvalue weighted by Gasteiger charge is 2.36. The minimum atomic E-state index is -4.50. The van der Waals surface area contributed by atoms with Crippen LogP contribution in [0.4, 0.5) is 18.9 Å².